The van der Waals surface area contributed by atoms with Crippen molar-refractivity contribution < 1.29 is 4.79 Å². The van der Waals surface area contributed by atoms with Crippen molar-refractivity contribution in [3.63, 3.8) is 0 Å². The van der Waals surface area contributed by atoms with Crippen LogP contribution in [0.3, 0.4) is 0 Å². The maximum Gasteiger partial charge on any atom is 0.224 e. The van der Waals surface area contributed by atoms with Crippen molar-refractivity contribution in [3.05, 3.63) is 48.0 Å². The molecule has 0 atom stereocenters. The number of nitrogens with one attached hydrogen (secondary N) is 1. The maximum atomic E-state index is 12.1. The molecule has 0 aliphatic heterocycles. The van der Waals surface area contributed by atoms with Crippen LogP contribution < -0.4 is 5.32 Å². The molecule has 3 rings (SSSR count). The van der Waals surface area contributed by atoms with E-state index < -0.39 is 0 Å². The Morgan fingerprint density at radius 2 is 2.08 bits per heavy atom. The normalized spacial score (nSPS) is 14.1. The topological polar surface area (TPSA) is 46.9 Å². The Labute approximate surface area is 148 Å². The van der Waals surface area contributed by atoms with Gasteiger partial charge in [-0.05, 0) is 30.5 Å². The molecule has 0 unspecified atom stereocenters. The molecule has 0 spiro atoms. The third-order valence-corrected chi connectivity index (χ3v) is 5.04. The molecule has 0 saturated heterocycles. The van der Waals surface area contributed by atoms with Crippen molar-refractivity contribution >= 4 is 17.7 Å². The van der Waals surface area contributed by atoms with Crippen LogP contribution in [0.15, 0.2) is 41.6 Å². The van der Waals surface area contributed by atoms with Crippen molar-refractivity contribution in [1.29, 1.82) is 0 Å². The molecule has 24 heavy (non-hydrogen) atoms. The van der Waals surface area contributed by atoms with Crippen molar-refractivity contribution in [2.45, 2.75) is 55.7 Å². The molecule has 1 aliphatic carbocycles. The number of aromatic nitrogens is 2. The number of carbonyl (C=O) groups excluding carboxylic acids is 1. The lowest BCUT2D eigenvalue weighted by molar-refractivity contribution is -0.120. The van der Waals surface area contributed by atoms with E-state index in [1.54, 1.807) is 0 Å². The van der Waals surface area contributed by atoms with Crippen molar-refractivity contribution in [1.82, 2.24) is 14.9 Å². The number of hydrogen-bond donors (Lipinski definition) is 1. The van der Waals surface area contributed by atoms with Gasteiger partial charge < -0.3 is 9.88 Å². The van der Waals surface area contributed by atoms with Gasteiger partial charge in [0, 0.05) is 41.5 Å². The summed E-state index contributed by atoms with van der Waals surface area (Å²) in [6.45, 7) is 5.81. The van der Waals surface area contributed by atoms with Crippen molar-refractivity contribution in [3.8, 4) is 0 Å². The Balaban J connectivity index is 1.43. The fourth-order valence-electron chi connectivity index (χ4n) is 2.73. The lowest BCUT2D eigenvalue weighted by Crippen LogP contribution is -2.28. The first-order valence-electron chi connectivity index (χ1n) is 8.65. The quantitative estimate of drug-likeness (QED) is 0.745. The molecule has 1 fully saturated rings. The smallest absolute Gasteiger partial charge is 0.224 e. The monoisotopic (exact) mass is 343 g/mol. The van der Waals surface area contributed by atoms with Crippen LogP contribution in [-0.2, 0) is 17.8 Å². The van der Waals surface area contributed by atoms with E-state index in [1.807, 2.05) is 36.3 Å². The van der Waals surface area contributed by atoms with Crippen molar-refractivity contribution in [2.24, 2.45) is 0 Å². The zero-order valence-electron chi connectivity index (χ0n) is 14.4. The first-order valence-corrected chi connectivity index (χ1v) is 9.53. The van der Waals surface area contributed by atoms with Gasteiger partial charge in [-0.25, -0.2) is 4.98 Å². The van der Waals surface area contributed by atoms with Crippen LogP contribution in [-0.4, -0.2) is 27.3 Å². The van der Waals surface area contributed by atoms with Gasteiger partial charge in [0.25, 0.3) is 0 Å². The minimum Gasteiger partial charge on any atom is -0.354 e. The second kappa shape index (κ2) is 7.88. The minimum atomic E-state index is 0.0762. The molecule has 1 aromatic carbocycles. The van der Waals surface area contributed by atoms with E-state index in [-0.39, 0.29) is 5.91 Å². The van der Waals surface area contributed by atoms with Gasteiger partial charge in [0.15, 0.2) is 0 Å². The highest BCUT2D eigenvalue weighted by Crippen LogP contribution is 2.38. The van der Waals surface area contributed by atoms with Gasteiger partial charge in [-0.1, -0.05) is 26.0 Å². The molecule has 128 valence electrons. The SMILES string of the molecule is CC(C)Sc1ccc(CC(=O)NCCn2ccnc2C2CC2)cc1. The second-order valence-corrected chi connectivity index (χ2v) is 8.24. The highest BCUT2D eigenvalue weighted by atomic mass is 32.2. The molecule has 0 bridgehead atoms. The fourth-order valence-corrected chi connectivity index (χ4v) is 3.57. The van der Waals surface area contributed by atoms with Crippen molar-refractivity contribution in [2.75, 3.05) is 6.54 Å². The third kappa shape index (κ3) is 4.87. The average Bonchev–Trinajstić information content (AvgIpc) is 3.28. The summed E-state index contributed by atoms with van der Waals surface area (Å²) in [6, 6.07) is 8.29. The molecule has 1 aliphatic rings. The number of hydrogen-bond acceptors (Lipinski definition) is 3. The number of thioether (sulfide) groups is 1. The van der Waals surface area contributed by atoms with E-state index in [0.29, 0.717) is 24.1 Å². The van der Waals surface area contributed by atoms with Gasteiger partial charge in [-0.2, -0.15) is 0 Å². The summed E-state index contributed by atoms with van der Waals surface area (Å²) >= 11 is 1.84. The standard InChI is InChI=1S/C19H25N3OS/c1-14(2)24-17-7-3-15(4-8-17)13-18(23)20-9-11-22-12-10-21-19(22)16-5-6-16/h3-4,7-8,10,12,14,16H,5-6,9,11,13H2,1-2H3,(H,20,23). The molecule has 1 saturated carbocycles. The summed E-state index contributed by atoms with van der Waals surface area (Å²) in [6.07, 6.45) is 6.78. The van der Waals surface area contributed by atoms with E-state index >= 15 is 0 Å². The van der Waals surface area contributed by atoms with Crippen LogP contribution in [0.5, 0.6) is 0 Å². The lowest BCUT2D eigenvalue weighted by Gasteiger charge is -2.09. The summed E-state index contributed by atoms with van der Waals surface area (Å²) in [5.41, 5.74) is 1.06. The highest BCUT2D eigenvalue weighted by Gasteiger charge is 2.27. The van der Waals surface area contributed by atoms with E-state index in [0.717, 1.165) is 12.1 Å². The Hall–Kier alpha value is -1.75. The Kier molecular flexibility index (Phi) is 5.61. The lowest BCUT2D eigenvalue weighted by atomic mass is 10.1. The summed E-state index contributed by atoms with van der Waals surface area (Å²) < 4.78 is 2.16. The van der Waals surface area contributed by atoms with Crippen LogP contribution in [0.4, 0.5) is 0 Å². The number of carbonyl (C=O) groups is 1. The molecular formula is C19H25N3OS. The zero-order valence-corrected chi connectivity index (χ0v) is 15.2. The van der Waals surface area contributed by atoms with Gasteiger partial charge >= 0.3 is 0 Å². The van der Waals surface area contributed by atoms with Gasteiger partial charge in [-0.15, -0.1) is 11.8 Å². The van der Waals surface area contributed by atoms with Gasteiger partial charge in [0.2, 0.25) is 5.91 Å². The predicted molar refractivity (Wildman–Crippen MR) is 98.4 cm³/mol. The van der Waals surface area contributed by atoms with Crippen LogP contribution >= 0.6 is 11.8 Å². The predicted octanol–water partition coefficient (Wildman–Crippen LogP) is 3.62. The van der Waals surface area contributed by atoms with Crippen LogP contribution in [0.1, 0.15) is 44.0 Å². The molecule has 1 aromatic heterocycles. The molecule has 1 heterocycles. The average molecular weight is 343 g/mol. The first kappa shape index (κ1) is 17.1. The van der Waals surface area contributed by atoms with Crippen LogP contribution in [0.25, 0.3) is 0 Å². The summed E-state index contributed by atoms with van der Waals surface area (Å²) in [4.78, 5) is 17.8. The second-order valence-electron chi connectivity index (χ2n) is 6.59. The minimum absolute atomic E-state index is 0.0762. The molecule has 5 heteroatoms. The summed E-state index contributed by atoms with van der Waals surface area (Å²) in [5, 5.41) is 3.58. The molecule has 2 aromatic rings. The van der Waals surface area contributed by atoms with E-state index in [9.17, 15) is 4.79 Å². The van der Waals surface area contributed by atoms with E-state index in [2.05, 4.69) is 40.8 Å². The largest absolute Gasteiger partial charge is 0.354 e. The zero-order chi connectivity index (χ0) is 16.9. The molecular weight excluding hydrogens is 318 g/mol. The van der Waals surface area contributed by atoms with Gasteiger partial charge in [-0.3, -0.25) is 4.79 Å². The van der Waals surface area contributed by atoms with E-state index in [4.69, 9.17) is 0 Å². The number of amides is 1. The third-order valence-electron chi connectivity index (χ3n) is 4.02. The molecule has 1 amide bonds. The highest BCUT2D eigenvalue weighted by molar-refractivity contribution is 7.99. The number of rotatable bonds is 8. The van der Waals surface area contributed by atoms with Crippen LogP contribution in [0, 0.1) is 0 Å². The molecule has 0 radical (unpaired) electrons. The molecule has 4 nitrogen and oxygen atoms in total. The van der Waals surface area contributed by atoms with E-state index in [1.165, 1.54) is 23.6 Å². The first-order chi connectivity index (χ1) is 11.6. The summed E-state index contributed by atoms with van der Waals surface area (Å²) in [5.74, 6) is 1.88. The maximum absolute atomic E-state index is 12.1. The Bertz CT molecular complexity index is 674. The Morgan fingerprint density at radius 3 is 2.75 bits per heavy atom. The van der Waals surface area contributed by atoms with Gasteiger partial charge in [0.05, 0.1) is 6.42 Å². The van der Waals surface area contributed by atoms with Crippen LogP contribution in [0.2, 0.25) is 0 Å². The molecule has 1 N–H and O–H groups in total. The van der Waals surface area contributed by atoms with Gasteiger partial charge in [0.1, 0.15) is 5.82 Å². The number of nitrogens with zero attached hydrogens (tertiary/aromatic N) is 2. The number of benzene rings is 1. The summed E-state index contributed by atoms with van der Waals surface area (Å²) in [7, 11) is 0. The number of imidazole rings is 1. The fraction of sp³-hybridized carbons (Fsp3) is 0.474. The Morgan fingerprint density at radius 1 is 1.33 bits per heavy atom.